The van der Waals surface area contributed by atoms with Gasteiger partial charge in [0.15, 0.2) is 11.0 Å². The predicted octanol–water partition coefficient (Wildman–Crippen LogP) is 3.55. The number of hydrogen-bond donors (Lipinski definition) is 1. The summed E-state index contributed by atoms with van der Waals surface area (Å²) in [4.78, 5) is 12.4. The van der Waals surface area contributed by atoms with Gasteiger partial charge in [0.05, 0.1) is 10.8 Å². The largest absolute Gasteiger partial charge is 0.300 e. The standard InChI is InChI=1S/C17H17FN6OS2/c1-4-9-24-14(12-7-5-6-8-13(12)18)21-23-17(24)26-10(2)15(25)19-16-22-20-11(3)27-16/h4-8,10H,1,9H2,2-3H3,(H,19,22,25)/t10-/m0/s1. The van der Waals surface area contributed by atoms with Crippen LogP contribution in [0.3, 0.4) is 0 Å². The fraction of sp³-hybridized carbons (Fsp3) is 0.235. The van der Waals surface area contributed by atoms with Crippen LogP contribution in [0.15, 0.2) is 42.1 Å². The third-order valence-electron chi connectivity index (χ3n) is 3.55. The summed E-state index contributed by atoms with van der Waals surface area (Å²) in [7, 11) is 0. The molecule has 0 aliphatic rings. The number of carbonyl (C=O) groups is 1. The van der Waals surface area contributed by atoms with E-state index in [9.17, 15) is 9.18 Å². The second-order valence-electron chi connectivity index (χ2n) is 5.56. The maximum absolute atomic E-state index is 14.2. The molecule has 0 bridgehead atoms. The predicted molar refractivity (Wildman–Crippen MR) is 104 cm³/mol. The van der Waals surface area contributed by atoms with E-state index in [1.54, 1.807) is 35.8 Å². The van der Waals surface area contributed by atoms with Gasteiger partial charge in [0.1, 0.15) is 10.8 Å². The number of anilines is 1. The van der Waals surface area contributed by atoms with Gasteiger partial charge in [-0.15, -0.1) is 27.0 Å². The van der Waals surface area contributed by atoms with Gasteiger partial charge >= 0.3 is 0 Å². The Hall–Kier alpha value is -2.59. The zero-order valence-electron chi connectivity index (χ0n) is 14.7. The Morgan fingerprint density at radius 1 is 1.37 bits per heavy atom. The Morgan fingerprint density at radius 2 is 2.15 bits per heavy atom. The molecule has 1 amide bonds. The van der Waals surface area contributed by atoms with Gasteiger partial charge in [0.2, 0.25) is 11.0 Å². The van der Waals surface area contributed by atoms with E-state index in [1.165, 1.54) is 29.2 Å². The molecule has 7 nitrogen and oxygen atoms in total. The number of thioether (sulfide) groups is 1. The fourth-order valence-electron chi connectivity index (χ4n) is 2.28. The highest BCUT2D eigenvalue weighted by Gasteiger charge is 2.22. The number of rotatable bonds is 7. The SMILES string of the molecule is C=CCn1c(S[C@@H](C)C(=O)Nc2nnc(C)s2)nnc1-c1ccccc1F. The molecule has 0 aliphatic heterocycles. The average Bonchev–Trinajstić information content (AvgIpc) is 3.22. The average molecular weight is 404 g/mol. The van der Waals surface area contributed by atoms with Gasteiger partial charge in [-0.25, -0.2) is 4.39 Å². The number of halogens is 1. The Bertz CT molecular complexity index is 970. The molecule has 3 aromatic rings. The first kappa shape index (κ1) is 19.2. The Labute approximate surface area is 163 Å². The number of aromatic nitrogens is 5. The molecule has 1 N–H and O–H groups in total. The summed E-state index contributed by atoms with van der Waals surface area (Å²) in [5, 5.41) is 20.0. The zero-order chi connectivity index (χ0) is 19.4. The first-order valence-electron chi connectivity index (χ1n) is 8.06. The number of nitrogens with one attached hydrogen (secondary N) is 1. The Balaban J connectivity index is 1.81. The lowest BCUT2D eigenvalue weighted by atomic mass is 10.2. The van der Waals surface area contributed by atoms with Crippen LogP contribution in [0.5, 0.6) is 0 Å². The van der Waals surface area contributed by atoms with Gasteiger partial charge in [-0.1, -0.05) is 41.3 Å². The minimum absolute atomic E-state index is 0.225. The first-order valence-corrected chi connectivity index (χ1v) is 9.76. The van der Waals surface area contributed by atoms with Crippen LogP contribution in [-0.4, -0.2) is 36.1 Å². The van der Waals surface area contributed by atoms with E-state index < -0.39 is 5.25 Å². The van der Waals surface area contributed by atoms with Gasteiger partial charge in [-0.05, 0) is 26.0 Å². The molecule has 0 radical (unpaired) electrons. The minimum atomic E-state index is -0.463. The highest BCUT2D eigenvalue weighted by molar-refractivity contribution is 8.00. The summed E-state index contributed by atoms with van der Waals surface area (Å²) >= 11 is 2.53. The molecule has 140 valence electrons. The topological polar surface area (TPSA) is 85.6 Å². The maximum atomic E-state index is 14.2. The number of hydrogen-bond acceptors (Lipinski definition) is 7. The smallest absolute Gasteiger partial charge is 0.239 e. The number of benzene rings is 1. The number of carbonyl (C=O) groups excluding carboxylic acids is 1. The molecule has 3 rings (SSSR count). The van der Waals surface area contributed by atoms with Crippen LogP contribution in [0.1, 0.15) is 11.9 Å². The molecule has 2 heterocycles. The lowest BCUT2D eigenvalue weighted by molar-refractivity contribution is -0.115. The van der Waals surface area contributed by atoms with Gasteiger partial charge in [-0.3, -0.25) is 14.7 Å². The van der Waals surface area contributed by atoms with Crippen molar-refractivity contribution in [2.45, 2.75) is 30.8 Å². The first-order chi connectivity index (χ1) is 13.0. The molecule has 0 spiro atoms. The molecule has 10 heteroatoms. The monoisotopic (exact) mass is 404 g/mol. The van der Waals surface area contributed by atoms with Gasteiger partial charge < -0.3 is 0 Å². The quantitative estimate of drug-likeness (QED) is 0.479. The molecule has 0 unspecified atom stereocenters. The van der Waals surface area contributed by atoms with Crippen molar-refractivity contribution in [2.75, 3.05) is 5.32 Å². The second-order valence-corrected chi connectivity index (χ2v) is 8.05. The van der Waals surface area contributed by atoms with Crippen molar-refractivity contribution in [1.82, 2.24) is 25.0 Å². The molecule has 1 aromatic carbocycles. The van der Waals surface area contributed by atoms with Crippen molar-refractivity contribution in [2.24, 2.45) is 0 Å². The highest BCUT2D eigenvalue weighted by Crippen LogP contribution is 2.28. The van der Waals surface area contributed by atoms with Crippen LogP contribution in [0.25, 0.3) is 11.4 Å². The third kappa shape index (κ3) is 4.40. The van der Waals surface area contributed by atoms with Crippen LogP contribution in [0, 0.1) is 12.7 Å². The van der Waals surface area contributed by atoms with Crippen LogP contribution < -0.4 is 5.32 Å². The lowest BCUT2D eigenvalue weighted by Gasteiger charge is -2.12. The van der Waals surface area contributed by atoms with Crippen molar-refractivity contribution in [3.8, 4) is 11.4 Å². The summed E-state index contributed by atoms with van der Waals surface area (Å²) in [5.74, 6) is -0.219. The molecule has 0 fully saturated rings. The fourth-order valence-corrected chi connectivity index (χ4v) is 3.73. The Kier molecular flexibility index (Phi) is 5.97. The Morgan fingerprint density at radius 3 is 2.81 bits per heavy atom. The number of aryl methyl sites for hydroxylation is 1. The summed E-state index contributed by atoms with van der Waals surface area (Å²) in [6.07, 6.45) is 1.67. The normalized spacial score (nSPS) is 12.0. The van der Waals surface area contributed by atoms with Crippen LogP contribution in [-0.2, 0) is 11.3 Å². The summed E-state index contributed by atoms with van der Waals surface area (Å²) in [5.41, 5.74) is 0.347. The van der Waals surface area contributed by atoms with Crippen LogP contribution in [0.4, 0.5) is 9.52 Å². The van der Waals surface area contributed by atoms with Crippen molar-refractivity contribution >= 4 is 34.1 Å². The van der Waals surface area contributed by atoms with E-state index in [1.807, 2.05) is 6.92 Å². The molecule has 0 saturated carbocycles. The molecular formula is C17H17FN6OS2. The minimum Gasteiger partial charge on any atom is -0.300 e. The maximum Gasteiger partial charge on any atom is 0.239 e. The van der Waals surface area contributed by atoms with E-state index in [4.69, 9.17) is 0 Å². The van der Waals surface area contributed by atoms with Crippen molar-refractivity contribution in [1.29, 1.82) is 0 Å². The molecule has 27 heavy (non-hydrogen) atoms. The molecule has 0 saturated heterocycles. The van der Waals surface area contributed by atoms with Crippen LogP contribution in [0.2, 0.25) is 0 Å². The molecule has 2 aromatic heterocycles. The number of nitrogens with zero attached hydrogens (tertiary/aromatic N) is 5. The van der Waals surface area contributed by atoms with Gasteiger partial charge in [0, 0.05) is 6.54 Å². The van der Waals surface area contributed by atoms with E-state index in [0.717, 1.165) is 5.01 Å². The zero-order valence-corrected chi connectivity index (χ0v) is 16.4. The third-order valence-corrected chi connectivity index (χ3v) is 5.39. The highest BCUT2D eigenvalue weighted by atomic mass is 32.2. The van der Waals surface area contributed by atoms with E-state index in [-0.39, 0.29) is 11.7 Å². The molecule has 0 aliphatic carbocycles. The summed E-state index contributed by atoms with van der Waals surface area (Å²) in [6, 6.07) is 6.36. The van der Waals surface area contributed by atoms with Gasteiger partial charge in [0.25, 0.3) is 0 Å². The summed E-state index contributed by atoms with van der Waals surface area (Å²) in [6.45, 7) is 7.69. The molecule has 1 atom stereocenters. The van der Waals surface area contributed by atoms with Gasteiger partial charge in [-0.2, -0.15) is 0 Å². The van der Waals surface area contributed by atoms with Crippen molar-refractivity contribution in [3.63, 3.8) is 0 Å². The number of allylic oxidation sites excluding steroid dienone is 1. The van der Waals surface area contributed by atoms with E-state index >= 15 is 0 Å². The second kappa shape index (κ2) is 8.40. The molecular weight excluding hydrogens is 387 g/mol. The van der Waals surface area contributed by atoms with Crippen molar-refractivity contribution < 1.29 is 9.18 Å². The van der Waals surface area contributed by atoms with Crippen LogP contribution >= 0.6 is 23.1 Å². The summed E-state index contributed by atoms with van der Waals surface area (Å²) < 4.78 is 15.9. The lowest BCUT2D eigenvalue weighted by Crippen LogP contribution is -2.23. The number of amides is 1. The van der Waals surface area contributed by atoms with E-state index in [2.05, 4.69) is 32.3 Å². The van der Waals surface area contributed by atoms with E-state index in [0.29, 0.717) is 28.2 Å². The van der Waals surface area contributed by atoms with Crippen molar-refractivity contribution in [3.05, 3.63) is 47.7 Å².